The Balaban J connectivity index is 2.70. The second kappa shape index (κ2) is 3.39. The molecule has 0 bridgehead atoms. The third-order valence-corrected chi connectivity index (χ3v) is 2.56. The van der Waals surface area contributed by atoms with Crippen LogP contribution in [0.15, 0.2) is 24.3 Å². The third-order valence-electron chi connectivity index (χ3n) is 2.56. The van der Waals surface area contributed by atoms with E-state index in [1.165, 1.54) is 10.9 Å². The van der Waals surface area contributed by atoms with E-state index < -0.39 is 0 Å². The first-order valence-corrected chi connectivity index (χ1v) is 4.77. The van der Waals surface area contributed by atoms with E-state index in [0.29, 0.717) is 6.54 Å². The molecular formula is C12H14N2. The van der Waals surface area contributed by atoms with Gasteiger partial charge in [0.15, 0.2) is 0 Å². The zero-order chi connectivity index (χ0) is 10.1. The van der Waals surface area contributed by atoms with Gasteiger partial charge < -0.3 is 5.73 Å². The summed E-state index contributed by atoms with van der Waals surface area (Å²) in [6.45, 7) is 4.69. The molecule has 0 aliphatic heterocycles. The molecule has 1 heterocycles. The van der Waals surface area contributed by atoms with E-state index in [0.717, 1.165) is 16.8 Å². The SMILES string of the molecule is Cc1cc2ccc(CN)cc2nc1C. The van der Waals surface area contributed by atoms with Crippen LogP contribution in [0.5, 0.6) is 0 Å². The molecule has 0 saturated heterocycles. The number of hydrogen-bond acceptors (Lipinski definition) is 2. The van der Waals surface area contributed by atoms with Crippen molar-refractivity contribution < 1.29 is 0 Å². The zero-order valence-corrected chi connectivity index (χ0v) is 8.54. The van der Waals surface area contributed by atoms with Crippen LogP contribution in [0.2, 0.25) is 0 Å². The number of fused-ring (bicyclic) bond motifs is 1. The summed E-state index contributed by atoms with van der Waals surface area (Å²) in [5.74, 6) is 0. The fraction of sp³-hybridized carbons (Fsp3) is 0.250. The molecule has 0 spiro atoms. The van der Waals surface area contributed by atoms with Crippen LogP contribution in [0.4, 0.5) is 0 Å². The molecule has 0 fully saturated rings. The molecule has 14 heavy (non-hydrogen) atoms. The van der Waals surface area contributed by atoms with Crippen LogP contribution in [0.1, 0.15) is 16.8 Å². The number of nitrogens with zero attached hydrogens (tertiary/aromatic N) is 1. The highest BCUT2D eigenvalue weighted by Gasteiger charge is 1.99. The average Bonchev–Trinajstić information content (AvgIpc) is 2.19. The summed E-state index contributed by atoms with van der Waals surface area (Å²) in [5, 5.41) is 1.19. The number of nitrogens with two attached hydrogens (primary N) is 1. The maximum atomic E-state index is 5.58. The summed E-state index contributed by atoms with van der Waals surface area (Å²) in [5.41, 5.74) is 10.1. The second-order valence-electron chi connectivity index (χ2n) is 3.62. The molecule has 0 radical (unpaired) electrons. The van der Waals surface area contributed by atoms with Crippen molar-refractivity contribution in [1.82, 2.24) is 4.98 Å². The van der Waals surface area contributed by atoms with Gasteiger partial charge in [0.1, 0.15) is 0 Å². The van der Waals surface area contributed by atoms with Gasteiger partial charge in [0.2, 0.25) is 0 Å². The van der Waals surface area contributed by atoms with Crippen LogP contribution in [-0.4, -0.2) is 4.98 Å². The Kier molecular flexibility index (Phi) is 2.22. The van der Waals surface area contributed by atoms with Crippen molar-refractivity contribution >= 4 is 10.9 Å². The Morgan fingerprint density at radius 2 is 2.00 bits per heavy atom. The highest BCUT2D eigenvalue weighted by molar-refractivity contribution is 5.80. The number of hydrogen-bond donors (Lipinski definition) is 1. The Hall–Kier alpha value is -1.41. The van der Waals surface area contributed by atoms with E-state index in [1.807, 2.05) is 6.92 Å². The summed E-state index contributed by atoms with van der Waals surface area (Å²) in [6.07, 6.45) is 0. The van der Waals surface area contributed by atoms with Gasteiger partial charge in [-0.3, -0.25) is 4.98 Å². The topological polar surface area (TPSA) is 38.9 Å². The van der Waals surface area contributed by atoms with Crippen molar-refractivity contribution in [3.63, 3.8) is 0 Å². The van der Waals surface area contributed by atoms with Crippen LogP contribution in [0, 0.1) is 13.8 Å². The molecule has 0 aliphatic rings. The minimum atomic E-state index is 0.574. The standard InChI is InChI=1S/C12H14N2/c1-8-5-11-4-3-10(7-13)6-12(11)14-9(8)2/h3-6H,7,13H2,1-2H3. The summed E-state index contributed by atoms with van der Waals surface area (Å²) < 4.78 is 0. The van der Waals surface area contributed by atoms with E-state index in [-0.39, 0.29) is 0 Å². The number of pyridine rings is 1. The van der Waals surface area contributed by atoms with Crippen LogP contribution < -0.4 is 5.73 Å². The van der Waals surface area contributed by atoms with Crippen molar-refractivity contribution in [1.29, 1.82) is 0 Å². The van der Waals surface area contributed by atoms with Gasteiger partial charge in [-0.1, -0.05) is 12.1 Å². The molecule has 2 aromatic rings. The van der Waals surface area contributed by atoms with E-state index in [1.54, 1.807) is 0 Å². The van der Waals surface area contributed by atoms with Crippen molar-refractivity contribution in [3.05, 3.63) is 41.1 Å². The van der Waals surface area contributed by atoms with Gasteiger partial charge in [-0.15, -0.1) is 0 Å². The first-order valence-electron chi connectivity index (χ1n) is 4.77. The van der Waals surface area contributed by atoms with Crippen LogP contribution >= 0.6 is 0 Å². The van der Waals surface area contributed by atoms with Gasteiger partial charge in [0.05, 0.1) is 5.52 Å². The minimum absolute atomic E-state index is 0.574. The fourth-order valence-electron chi connectivity index (χ4n) is 1.54. The second-order valence-corrected chi connectivity index (χ2v) is 3.62. The van der Waals surface area contributed by atoms with E-state index >= 15 is 0 Å². The molecule has 2 N–H and O–H groups in total. The Bertz CT molecular complexity index is 475. The largest absolute Gasteiger partial charge is 0.326 e. The predicted octanol–water partition coefficient (Wildman–Crippen LogP) is 2.31. The summed E-state index contributed by atoms with van der Waals surface area (Å²) in [7, 11) is 0. The van der Waals surface area contributed by atoms with Gasteiger partial charge in [-0.2, -0.15) is 0 Å². The quantitative estimate of drug-likeness (QED) is 0.742. The fourth-order valence-corrected chi connectivity index (χ4v) is 1.54. The first-order chi connectivity index (χ1) is 6.70. The van der Waals surface area contributed by atoms with Gasteiger partial charge >= 0.3 is 0 Å². The Morgan fingerprint density at radius 1 is 1.21 bits per heavy atom. The van der Waals surface area contributed by atoms with Crippen LogP contribution in [-0.2, 0) is 6.54 Å². The molecule has 2 rings (SSSR count). The smallest absolute Gasteiger partial charge is 0.0708 e. The number of aryl methyl sites for hydroxylation is 2. The lowest BCUT2D eigenvalue weighted by Gasteiger charge is -2.04. The highest BCUT2D eigenvalue weighted by atomic mass is 14.7. The average molecular weight is 186 g/mol. The molecule has 0 unspecified atom stereocenters. The lowest BCUT2D eigenvalue weighted by Crippen LogP contribution is -1.96. The molecule has 2 heteroatoms. The molecule has 0 saturated carbocycles. The molecule has 1 aromatic carbocycles. The molecule has 0 amide bonds. The number of benzene rings is 1. The third kappa shape index (κ3) is 1.49. The highest BCUT2D eigenvalue weighted by Crippen LogP contribution is 2.17. The lowest BCUT2D eigenvalue weighted by atomic mass is 10.1. The first kappa shape index (κ1) is 9.16. The van der Waals surface area contributed by atoms with Crippen LogP contribution in [0.3, 0.4) is 0 Å². The normalized spacial score (nSPS) is 10.8. The van der Waals surface area contributed by atoms with Crippen molar-refractivity contribution in [2.45, 2.75) is 20.4 Å². The van der Waals surface area contributed by atoms with E-state index in [9.17, 15) is 0 Å². The zero-order valence-electron chi connectivity index (χ0n) is 8.54. The Morgan fingerprint density at radius 3 is 2.71 bits per heavy atom. The van der Waals surface area contributed by atoms with Gasteiger partial charge in [-0.05, 0) is 37.1 Å². The summed E-state index contributed by atoms with van der Waals surface area (Å²) >= 11 is 0. The predicted molar refractivity (Wildman–Crippen MR) is 59.1 cm³/mol. The van der Waals surface area contributed by atoms with E-state index in [2.05, 4.69) is 36.2 Å². The molecular weight excluding hydrogens is 172 g/mol. The monoisotopic (exact) mass is 186 g/mol. The molecule has 0 aliphatic carbocycles. The van der Waals surface area contributed by atoms with Gasteiger partial charge in [-0.25, -0.2) is 0 Å². The number of rotatable bonds is 1. The number of aromatic nitrogens is 1. The van der Waals surface area contributed by atoms with Crippen molar-refractivity contribution in [3.8, 4) is 0 Å². The summed E-state index contributed by atoms with van der Waals surface area (Å²) in [4.78, 5) is 4.53. The molecule has 2 nitrogen and oxygen atoms in total. The van der Waals surface area contributed by atoms with Gasteiger partial charge in [0, 0.05) is 17.6 Å². The van der Waals surface area contributed by atoms with Crippen molar-refractivity contribution in [2.75, 3.05) is 0 Å². The molecule has 0 atom stereocenters. The molecule has 1 aromatic heterocycles. The van der Waals surface area contributed by atoms with Crippen LogP contribution in [0.25, 0.3) is 10.9 Å². The maximum absolute atomic E-state index is 5.58. The van der Waals surface area contributed by atoms with E-state index in [4.69, 9.17) is 5.73 Å². The summed E-state index contributed by atoms with van der Waals surface area (Å²) in [6, 6.07) is 8.36. The van der Waals surface area contributed by atoms with Crippen molar-refractivity contribution in [2.24, 2.45) is 5.73 Å². The van der Waals surface area contributed by atoms with Gasteiger partial charge in [0.25, 0.3) is 0 Å². The maximum Gasteiger partial charge on any atom is 0.0708 e. The lowest BCUT2D eigenvalue weighted by molar-refractivity contribution is 1.07. The molecule has 72 valence electrons. The minimum Gasteiger partial charge on any atom is -0.326 e. The Labute approximate surface area is 83.8 Å².